The quantitative estimate of drug-likeness (QED) is 0.421. The summed E-state index contributed by atoms with van der Waals surface area (Å²) in [5.74, 6) is -0.879. The molecule has 0 saturated carbocycles. The van der Waals surface area contributed by atoms with Crippen LogP contribution in [0.1, 0.15) is 63.8 Å². The Bertz CT molecular complexity index is 1080. The van der Waals surface area contributed by atoms with E-state index in [-0.39, 0.29) is 12.2 Å². The van der Waals surface area contributed by atoms with Crippen LogP contribution in [0.4, 0.5) is 0 Å². The van der Waals surface area contributed by atoms with E-state index in [0.717, 1.165) is 22.4 Å². The van der Waals surface area contributed by atoms with Crippen molar-refractivity contribution in [1.82, 2.24) is 0 Å². The molecule has 1 saturated heterocycles. The molecule has 1 aliphatic rings. The number of halogens is 1. The molecule has 8 heteroatoms. The summed E-state index contributed by atoms with van der Waals surface area (Å²) in [4.78, 5) is 36.0. The second-order valence-electron chi connectivity index (χ2n) is 9.08. The molecular formula is C28H33ClO7. The van der Waals surface area contributed by atoms with E-state index < -0.39 is 42.3 Å². The molecule has 1 fully saturated rings. The van der Waals surface area contributed by atoms with Crippen LogP contribution in [0.5, 0.6) is 5.75 Å². The third-order valence-electron chi connectivity index (χ3n) is 6.11. The van der Waals surface area contributed by atoms with Gasteiger partial charge >= 0.3 is 11.9 Å². The highest BCUT2D eigenvalue weighted by atomic mass is 35.5. The predicted molar refractivity (Wildman–Crippen MR) is 135 cm³/mol. The monoisotopic (exact) mass is 516 g/mol. The number of carbonyl (C=O) groups excluding carboxylic acids is 3. The van der Waals surface area contributed by atoms with E-state index in [1.54, 1.807) is 13.0 Å². The fraction of sp³-hybridized carbons (Fsp3) is 0.464. The third-order valence-corrected chi connectivity index (χ3v) is 6.48. The summed E-state index contributed by atoms with van der Waals surface area (Å²) in [6, 6.07) is 13.4. The van der Waals surface area contributed by atoms with E-state index in [1.807, 2.05) is 43.3 Å². The molecule has 2 aromatic carbocycles. The van der Waals surface area contributed by atoms with Crippen molar-refractivity contribution in [3.05, 3.63) is 64.2 Å². The Hall–Kier alpha value is -2.90. The van der Waals surface area contributed by atoms with Crippen LogP contribution in [-0.4, -0.2) is 42.6 Å². The van der Waals surface area contributed by atoms with E-state index >= 15 is 0 Å². The first-order valence-electron chi connectivity index (χ1n) is 12.1. The van der Waals surface area contributed by atoms with Gasteiger partial charge in [0.05, 0.1) is 18.8 Å². The van der Waals surface area contributed by atoms with Gasteiger partial charge in [0.2, 0.25) is 0 Å². The van der Waals surface area contributed by atoms with Crippen LogP contribution in [0.3, 0.4) is 0 Å². The largest absolute Gasteiger partial charge is 0.494 e. The van der Waals surface area contributed by atoms with E-state index in [9.17, 15) is 14.4 Å². The highest BCUT2D eigenvalue weighted by Crippen LogP contribution is 2.42. The Morgan fingerprint density at radius 1 is 0.944 bits per heavy atom. The first-order valence-corrected chi connectivity index (χ1v) is 12.5. The van der Waals surface area contributed by atoms with Crippen LogP contribution in [0.25, 0.3) is 0 Å². The highest BCUT2D eigenvalue weighted by molar-refractivity contribution is 6.31. The molecule has 5 atom stereocenters. The van der Waals surface area contributed by atoms with Crippen molar-refractivity contribution >= 4 is 29.3 Å². The molecule has 0 amide bonds. The van der Waals surface area contributed by atoms with Gasteiger partial charge in [0, 0.05) is 31.2 Å². The lowest BCUT2D eigenvalue weighted by molar-refractivity contribution is -0.224. The van der Waals surface area contributed by atoms with Gasteiger partial charge in [-0.15, -0.1) is 0 Å². The molecule has 0 bridgehead atoms. The molecule has 0 aromatic heterocycles. The summed E-state index contributed by atoms with van der Waals surface area (Å²) in [5.41, 5.74) is 2.75. The number of ketones is 1. The van der Waals surface area contributed by atoms with Gasteiger partial charge in [-0.3, -0.25) is 9.59 Å². The van der Waals surface area contributed by atoms with Crippen LogP contribution in [0.2, 0.25) is 5.02 Å². The van der Waals surface area contributed by atoms with E-state index in [0.29, 0.717) is 18.1 Å². The Kier molecular flexibility index (Phi) is 9.51. The van der Waals surface area contributed by atoms with Crippen molar-refractivity contribution in [3.63, 3.8) is 0 Å². The van der Waals surface area contributed by atoms with Gasteiger partial charge in [-0.2, -0.15) is 0 Å². The summed E-state index contributed by atoms with van der Waals surface area (Å²) in [6.07, 6.45) is -2.14. The molecule has 36 heavy (non-hydrogen) atoms. The molecule has 3 rings (SSSR count). The lowest BCUT2D eigenvalue weighted by atomic mass is 9.80. The van der Waals surface area contributed by atoms with Gasteiger partial charge in [-0.05, 0) is 62.1 Å². The minimum atomic E-state index is -0.839. The molecule has 2 aromatic rings. The molecule has 1 heterocycles. The first-order chi connectivity index (χ1) is 17.1. The first kappa shape index (κ1) is 27.7. The van der Waals surface area contributed by atoms with Gasteiger partial charge in [0.25, 0.3) is 0 Å². The topological polar surface area (TPSA) is 88.1 Å². The summed E-state index contributed by atoms with van der Waals surface area (Å²) < 4.78 is 23.0. The molecule has 1 aliphatic heterocycles. The SMILES string of the molecule is CCOc1ccc(Cc2cc(C3OC(C)C(OC(C)=O)C(OC(C)=O)C3CC(C)=O)ccc2Cl)cc1. The van der Waals surface area contributed by atoms with Crippen molar-refractivity contribution in [2.45, 2.75) is 71.9 Å². The van der Waals surface area contributed by atoms with Crippen molar-refractivity contribution in [2.75, 3.05) is 6.61 Å². The Morgan fingerprint density at radius 2 is 1.58 bits per heavy atom. The minimum absolute atomic E-state index is 0.0873. The van der Waals surface area contributed by atoms with Gasteiger partial charge in [-0.25, -0.2) is 0 Å². The smallest absolute Gasteiger partial charge is 0.303 e. The molecule has 0 spiro atoms. The number of benzene rings is 2. The van der Waals surface area contributed by atoms with Crippen molar-refractivity contribution in [2.24, 2.45) is 5.92 Å². The molecule has 0 N–H and O–H groups in total. The second kappa shape index (κ2) is 12.4. The van der Waals surface area contributed by atoms with Crippen LogP contribution in [0, 0.1) is 5.92 Å². The number of hydrogen-bond donors (Lipinski definition) is 0. The molecule has 7 nitrogen and oxygen atoms in total. The molecular weight excluding hydrogens is 484 g/mol. The van der Waals surface area contributed by atoms with Crippen LogP contribution in [-0.2, 0) is 35.0 Å². The Balaban J connectivity index is 1.96. The van der Waals surface area contributed by atoms with Crippen molar-refractivity contribution in [1.29, 1.82) is 0 Å². The maximum Gasteiger partial charge on any atom is 0.303 e. The summed E-state index contributed by atoms with van der Waals surface area (Å²) in [6.45, 7) is 8.35. The van der Waals surface area contributed by atoms with Crippen LogP contribution in [0.15, 0.2) is 42.5 Å². The second-order valence-corrected chi connectivity index (χ2v) is 9.49. The number of rotatable bonds is 9. The van der Waals surface area contributed by atoms with E-state index in [4.69, 9.17) is 30.5 Å². The lowest BCUT2D eigenvalue weighted by Gasteiger charge is -2.44. The predicted octanol–water partition coefficient (Wildman–Crippen LogP) is 5.25. The van der Waals surface area contributed by atoms with Gasteiger partial charge in [-0.1, -0.05) is 35.9 Å². The number of hydrogen-bond acceptors (Lipinski definition) is 7. The normalized spacial score (nSPS) is 23.6. The third kappa shape index (κ3) is 7.08. The maximum atomic E-state index is 12.2. The number of ether oxygens (including phenoxy) is 4. The van der Waals surface area contributed by atoms with Crippen molar-refractivity contribution in [3.8, 4) is 5.75 Å². The van der Waals surface area contributed by atoms with Crippen LogP contribution >= 0.6 is 11.6 Å². The molecule has 0 aliphatic carbocycles. The zero-order valence-corrected chi connectivity index (χ0v) is 22.0. The van der Waals surface area contributed by atoms with E-state index in [1.165, 1.54) is 20.8 Å². The fourth-order valence-corrected chi connectivity index (χ4v) is 4.86. The minimum Gasteiger partial charge on any atom is -0.494 e. The number of carbonyl (C=O) groups is 3. The van der Waals surface area contributed by atoms with Gasteiger partial charge < -0.3 is 23.7 Å². The maximum absolute atomic E-state index is 12.2. The van der Waals surface area contributed by atoms with Crippen molar-refractivity contribution < 1.29 is 33.3 Å². The number of Topliss-reactive ketones (excluding diaryl/α,β-unsaturated/α-hetero) is 1. The Morgan fingerprint density at radius 3 is 2.17 bits per heavy atom. The molecule has 5 unspecified atom stereocenters. The average Bonchev–Trinajstić information content (AvgIpc) is 2.80. The summed E-state index contributed by atoms with van der Waals surface area (Å²) >= 11 is 6.55. The molecule has 194 valence electrons. The zero-order valence-electron chi connectivity index (χ0n) is 21.3. The van der Waals surface area contributed by atoms with Gasteiger partial charge in [0.1, 0.15) is 17.6 Å². The average molecular weight is 517 g/mol. The lowest BCUT2D eigenvalue weighted by Crippen LogP contribution is -2.54. The summed E-state index contributed by atoms with van der Waals surface area (Å²) in [5, 5.41) is 0.605. The van der Waals surface area contributed by atoms with E-state index in [2.05, 4.69) is 0 Å². The van der Waals surface area contributed by atoms with Crippen LogP contribution < -0.4 is 4.74 Å². The number of esters is 2. The highest BCUT2D eigenvalue weighted by Gasteiger charge is 2.48. The fourth-order valence-electron chi connectivity index (χ4n) is 4.67. The Labute approximate surface area is 217 Å². The zero-order chi connectivity index (χ0) is 26.4. The molecule has 0 radical (unpaired) electrons. The standard InChI is InChI=1S/C28H33ClO7/c1-6-33-23-10-7-20(8-11-23)14-22-15-21(9-12-25(22)29)27-24(13-16(2)30)28(36-19(5)32)26(17(3)34-27)35-18(4)31/h7-12,15,17,24,26-28H,6,13-14H2,1-5H3. The summed E-state index contributed by atoms with van der Waals surface area (Å²) in [7, 11) is 0. The van der Waals surface area contributed by atoms with Gasteiger partial charge in [0.15, 0.2) is 6.10 Å².